The maximum absolute atomic E-state index is 12.5. The fourth-order valence-corrected chi connectivity index (χ4v) is 3.39. The van der Waals surface area contributed by atoms with Gasteiger partial charge in [-0.3, -0.25) is 4.79 Å². The van der Waals surface area contributed by atoms with E-state index in [1.54, 1.807) is 29.2 Å². The Kier molecular flexibility index (Phi) is 6.84. The zero-order chi connectivity index (χ0) is 20.6. The predicted molar refractivity (Wildman–Crippen MR) is 110 cm³/mol. The molecule has 0 bridgehead atoms. The SMILES string of the molecule is O=C(O)c1ccc(CCNC(=O)C2CCCN(C(=O)Nc3ccccc3)C2)cc1. The van der Waals surface area contributed by atoms with Gasteiger partial charge >= 0.3 is 12.0 Å². The number of hydrogen-bond donors (Lipinski definition) is 3. The van der Waals surface area contributed by atoms with Crippen LogP contribution in [-0.4, -0.2) is 47.5 Å². The number of nitrogens with one attached hydrogen (secondary N) is 2. The summed E-state index contributed by atoms with van der Waals surface area (Å²) in [7, 11) is 0. The first-order valence-corrected chi connectivity index (χ1v) is 9.74. The van der Waals surface area contributed by atoms with Gasteiger partial charge in [0, 0.05) is 25.3 Å². The Morgan fingerprint density at radius 1 is 1.03 bits per heavy atom. The molecule has 1 aliphatic heterocycles. The lowest BCUT2D eigenvalue weighted by atomic mass is 9.97. The van der Waals surface area contributed by atoms with Gasteiger partial charge in [0.25, 0.3) is 0 Å². The first-order valence-electron chi connectivity index (χ1n) is 9.74. The summed E-state index contributed by atoms with van der Waals surface area (Å²) in [6.07, 6.45) is 2.17. The molecular weight excluding hydrogens is 370 g/mol. The van der Waals surface area contributed by atoms with Crippen LogP contribution < -0.4 is 10.6 Å². The summed E-state index contributed by atoms with van der Waals surface area (Å²) in [5, 5.41) is 14.7. The van der Waals surface area contributed by atoms with E-state index in [4.69, 9.17) is 5.11 Å². The van der Waals surface area contributed by atoms with Gasteiger partial charge in [0.2, 0.25) is 5.91 Å². The number of likely N-dealkylation sites (tertiary alicyclic amines) is 1. The van der Waals surface area contributed by atoms with E-state index >= 15 is 0 Å². The number of carboxylic acid groups (broad SMARTS) is 1. The van der Waals surface area contributed by atoms with Crippen LogP contribution in [-0.2, 0) is 11.2 Å². The number of urea groups is 1. The molecule has 1 aliphatic rings. The Balaban J connectivity index is 1.45. The van der Waals surface area contributed by atoms with Gasteiger partial charge < -0.3 is 20.6 Å². The topological polar surface area (TPSA) is 98.7 Å². The standard InChI is InChI=1S/C22H25N3O4/c26-20(23-13-12-16-8-10-17(11-9-16)21(27)28)18-5-4-14-25(15-18)22(29)24-19-6-2-1-3-7-19/h1-3,6-11,18H,4-5,12-15H2,(H,23,26)(H,24,29)(H,27,28). The highest BCUT2D eigenvalue weighted by molar-refractivity contribution is 5.90. The average molecular weight is 395 g/mol. The Morgan fingerprint density at radius 3 is 2.45 bits per heavy atom. The molecule has 7 heteroatoms. The normalized spacial score (nSPS) is 16.1. The van der Waals surface area contributed by atoms with E-state index in [0.29, 0.717) is 26.1 Å². The van der Waals surface area contributed by atoms with Crippen LogP contribution in [0.25, 0.3) is 0 Å². The van der Waals surface area contributed by atoms with Gasteiger partial charge in [-0.1, -0.05) is 30.3 Å². The van der Waals surface area contributed by atoms with Crippen LogP contribution in [0.1, 0.15) is 28.8 Å². The lowest BCUT2D eigenvalue weighted by Crippen LogP contribution is -2.47. The van der Waals surface area contributed by atoms with E-state index in [1.807, 2.05) is 30.3 Å². The number of para-hydroxylation sites is 1. The molecule has 0 aromatic heterocycles. The van der Waals surface area contributed by atoms with Crippen LogP contribution in [0.5, 0.6) is 0 Å². The van der Waals surface area contributed by atoms with Gasteiger partial charge in [0.1, 0.15) is 0 Å². The van der Waals surface area contributed by atoms with Crippen molar-refractivity contribution in [3.63, 3.8) is 0 Å². The molecule has 3 rings (SSSR count). The Bertz CT molecular complexity index is 852. The van der Waals surface area contributed by atoms with Gasteiger partial charge in [-0.2, -0.15) is 0 Å². The van der Waals surface area contributed by atoms with Gasteiger partial charge in [0.05, 0.1) is 11.5 Å². The number of rotatable bonds is 6. The van der Waals surface area contributed by atoms with Crippen LogP contribution in [0.2, 0.25) is 0 Å². The fraction of sp³-hybridized carbons (Fsp3) is 0.318. The zero-order valence-corrected chi connectivity index (χ0v) is 16.1. The molecule has 3 amide bonds. The third-order valence-corrected chi connectivity index (χ3v) is 5.02. The number of carbonyl (C=O) groups is 3. The molecule has 0 spiro atoms. The third-order valence-electron chi connectivity index (χ3n) is 5.02. The zero-order valence-electron chi connectivity index (χ0n) is 16.1. The number of benzene rings is 2. The molecule has 1 fully saturated rings. The van der Waals surface area contributed by atoms with E-state index in [0.717, 1.165) is 24.1 Å². The molecule has 2 aromatic carbocycles. The molecule has 3 N–H and O–H groups in total. The Labute approximate surface area is 169 Å². The van der Waals surface area contributed by atoms with Crippen molar-refractivity contribution >= 4 is 23.6 Å². The molecule has 29 heavy (non-hydrogen) atoms. The summed E-state index contributed by atoms with van der Waals surface area (Å²) in [4.78, 5) is 37.5. The van der Waals surface area contributed by atoms with Crippen LogP contribution >= 0.6 is 0 Å². The third kappa shape index (κ3) is 5.81. The number of carboxylic acids is 1. The Morgan fingerprint density at radius 2 is 1.76 bits per heavy atom. The molecule has 152 valence electrons. The summed E-state index contributed by atoms with van der Waals surface area (Å²) in [6.45, 7) is 1.51. The summed E-state index contributed by atoms with van der Waals surface area (Å²) in [5.74, 6) is -1.23. The number of anilines is 1. The molecule has 0 saturated carbocycles. The molecule has 1 saturated heterocycles. The first kappa shape index (κ1) is 20.4. The first-order chi connectivity index (χ1) is 14.0. The van der Waals surface area contributed by atoms with E-state index in [9.17, 15) is 14.4 Å². The number of amides is 3. The second kappa shape index (κ2) is 9.73. The number of aromatic carboxylic acids is 1. The molecule has 1 heterocycles. The molecule has 0 aliphatic carbocycles. The molecule has 2 aromatic rings. The lowest BCUT2D eigenvalue weighted by molar-refractivity contribution is -0.126. The predicted octanol–water partition coefficient (Wildman–Crippen LogP) is 2.99. The van der Waals surface area contributed by atoms with Crippen molar-refractivity contribution in [2.24, 2.45) is 5.92 Å². The smallest absolute Gasteiger partial charge is 0.335 e. The number of piperidine rings is 1. The van der Waals surface area contributed by atoms with Crippen molar-refractivity contribution in [2.75, 3.05) is 25.0 Å². The van der Waals surface area contributed by atoms with E-state index in [-0.39, 0.29) is 23.4 Å². The Hall–Kier alpha value is -3.35. The second-order valence-corrected chi connectivity index (χ2v) is 7.12. The summed E-state index contributed by atoms with van der Waals surface area (Å²) < 4.78 is 0. The molecule has 1 atom stereocenters. The number of carbonyl (C=O) groups excluding carboxylic acids is 2. The fourth-order valence-electron chi connectivity index (χ4n) is 3.39. The minimum absolute atomic E-state index is 0.0515. The largest absolute Gasteiger partial charge is 0.478 e. The van der Waals surface area contributed by atoms with E-state index in [1.165, 1.54) is 0 Å². The minimum Gasteiger partial charge on any atom is -0.478 e. The highest BCUT2D eigenvalue weighted by Crippen LogP contribution is 2.18. The van der Waals surface area contributed by atoms with Crippen LogP contribution in [0, 0.1) is 5.92 Å². The van der Waals surface area contributed by atoms with Gasteiger partial charge in [-0.25, -0.2) is 9.59 Å². The van der Waals surface area contributed by atoms with Crippen LogP contribution in [0.4, 0.5) is 10.5 Å². The van der Waals surface area contributed by atoms with E-state index in [2.05, 4.69) is 10.6 Å². The second-order valence-electron chi connectivity index (χ2n) is 7.12. The summed E-state index contributed by atoms with van der Waals surface area (Å²) >= 11 is 0. The minimum atomic E-state index is -0.956. The van der Waals surface area contributed by atoms with Crippen molar-refractivity contribution in [3.8, 4) is 0 Å². The quantitative estimate of drug-likeness (QED) is 0.700. The molecule has 7 nitrogen and oxygen atoms in total. The van der Waals surface area contributed by atoms with Crippen LogP contribution in [0.15, 0.2) is 54.6 Å². The maximum atomic E-state index is 12.5. The highest BCUT2D eigenvalue weighted by atomic mass is 16.4. The van der Waals surface area contributed by atoms with Crippen molar-refractivity contribution in [1.82, 2.24) is 10.2 Å². The van der Waals surface area contributed by atoms with Crippen LogP contribution in [0.3, 0.4) is 0 Å². The number of nitrogens with zero attached hydrogens (tertiary/aromatic N) is 1. The summed E-state index contributed by atoms with van der Waals surface area (Å²) in [6, 6.07) is 15.7. The van der Waals surface area contributed by atoms with Gasteiger partial charge in [-0.15, -0.1) is 0 Å². The number of hydrogen-bond acceptors (Lipinski definition) is 3. The highest BCUT2D eigenvalue weighted by Gasteiger charge is 2.28. The molecule has 1 unspecified atom stereocenters. The molecular formula is C22H25N3O4. The molecule has 0 radical (unpaired) electrons. The van der Waals surface area contributed by atoms with Crippen molar-refractivity contribution in [1.29, 1.82) is 0 Å². The van der Waals surface area contributed by atoms with E-state index < -0.39 is 5.97 Å². The van der Waals surface area contributed by atoms with Crippen molar-refractivity contribution < 1.29 is 19.5 Å². The monoisotopic (exact) mass is 395 g/mol. The van der Waals surface area contributed by atoms with Crippen molar-refractivity contribution in [2.45, 2.75) is 19.3 Å². The average Bonchev–Trinajstić information content (AvgIpc) is 2.75. The van der Waals surface area contributed by atoms with Gasteiger partial charge in [0.15, 0.2) is 0 Å². The lowest BCUT2D eigenvalue weighted by Gasteiger charge is -2.32. The van der Waals surface area contributed by atoms with Crippen molar-refractivity contribution in [3.05, 3.63) is 65.7 Å². The van der Waals surface area contributed by atoms with Gasteiger partial charge in [-0.05, 0) is 49.1 Å². The maximum Gasteiger partial charge on any atom is 0.335 e. The summed E-state index contributed by atoms with van der Waals surface area (Å²) in [5.41, 5.74) is 1.94.